The molecule has 2 N–H and O–H groups in total. The molecule has 0 bridgehead atoms. The molecule has 184 valence electrons. The number of nitro groups is 1. The minimum atomic E-state index is -0.400. The summed E-state index contributed by atoms with van der Waals surface area (Å²) in [5, 5.41) is 31.6. The van der Waals surface area contributed by atoms with Crippen LogP contribution in [0.4, 0.5) is 5.69 Å². The van der Waals surface area contributed by atoms with Gasteiger partial charge in [-0.15, -0.1) is 0 Å². The zero-order valence-corrected chi connectivity index (χ0v) is 19.9. The first kappa shape index (κ1) is 24.2. The van der Waals surface area contributed by atoms with E-state index in [4.69, 9.17) is 14.2 Å². The van der Waals surface area contributed by atoms with Gasteiger partial charge in [0.2, 0.25) is 5.75 Å². The smallest absolute Gasteiger partial charge is 0.269 e. The van der Waals surface area contributed by atoms with Gasteiger partial charge in [0, 0.05) is 31.3 Å². The van der Waals surface area contributed by atoms with E-state index in [-0.39, 0.29) is 23.2 Å². The van der Waals surface area contributed by atoms with Gasteiger partial charge in [-0.25, -0.2) is 0 Å². The average molecular weight is 481 g/mol. The number of non-ortho nitro benzene ring substituents is 1. The maximum Gasteiger partial charge on any atom is 0.269 e. The van der Waals surface area contributed by atoms with Crippen molar-refractivity contribution in [3.05, 3.63) is 80.9 Å². The molecule has 1 heterocycles. The summed E-state index contributed by atoms with van der Waals surface area (Å²) in [7, 11) is 4.67. The molecule has 0 saturated carbocycles. The molecule has 35 heavy (non-hydrogen) atoms. The number of aromatic hydroxyl groups is 2. The summed E-state index contributed by atoms with van der Waals surface area (Å²) in [6, 6.07) is 13.4. The third-order valence-electron chi connectivity index (χ3n) is 6.37. The molecule has 0 aliphatic carbocycles. The van der Waals surface area contributed by atoms with Crippen LogP contribution in [0.1, 0.15) is 28.3 Å². The number of hydrogen-bond acceptors (Lipinski definition) is 8. The highest BCUT2D eigenvalue weighted by atomic mass is 16.6. The molecule has 1 atom stereocenters. The van der Waals surface area contributed by atoms with Crippen molar-refractivity contribution in [1.82, 2.24) is 4.90 Å². The Kier molecular flexibility index (Phi) is 6.97. The Morgan fingerprint density at radius 3 is 2.29 bits per heavy atom. The molecule has 0 aromatic heterocycles. The van der Waals surface area contributed by atoms with E-state index in [9.17, 15) is 20.3 Å². The second kappa shape index (κ2) is 10.1. The molecule has 9 heteroatoms. The summed E-state index contributed by atoms with van der Waals surface area (Å²) in [6.45, 7) is 1.16. The molecule has 1 aliphatic rings. The lowest BCUT2D eigenvalue weighted by atomic mass is 9.87. The maximum absolute atomic E-state index is 11.3. The van der Waals surface area contributed by atoms with Crippen LogP contribution in [0.15, 0.2) is 48.5 Å². The number of methoxy groups -OCH3 is 3. The fourth-order valence-electron chi connectivity index (χ4n) is 4.69. The highest BCUT2D eigenvalue weighted by molar-refractivity contribution is 5.54. The van der Waals surface area contributed by atoms with Gasteiger partial charge in [0.25, 0.3) is 5.69 Å². The number of nitro benzene ring substituents is 1. The first-order chi connectivity index (χ1) is 16.8. The molecule has 0 fully saturated rings. The molecule has 3 aromatic rings. The molecule has 3 aromatic carbocycles. The van der Waals surface area contributed by atoms with E-state index in [2.05, 4.69) is 4.90 Å². The summed E-state index contributed by atoms with van der Waals surface area (Å²) < 4.78 is 16.5. The van der Waals surface area contributed by atoms with Crippen molar-refractivity contribution in [2.75, 3.05) is 27.9 Å². The summed E-state index contributed by atoms with van der Waals surface area (Å²) in [5.74, 6) is 1.24. The molecule has 0 amide bonds. The van der Waals surface area contributed by atoms with Crippen LogP contribution in [0.3, 0.4) is 0 Å². The predicted octanol–water partition coefficient (Wildman–Crippen LogP) is 4.37. The Morgan fingerprint density at radius 2 is 1.66 bits per heavy atom. The van der Waals surface area contributed by atoms with Gasteiger partial charge in [0.1, 0.15) is 0 Å². The largest absolute Gasteiger partial charge is 0.504 e. The van der Waals surface area contributed by atoms with Crippen LogP contribution in [-0.4, -0.2) is 47.9 Å². The zero-order valence-electron chi connectivity index (χ0n) is 19.9. The van der Waals surface area contributed by atoms with Gasteiger partial charge in [-0.2, -0.15) is 0 Å². The number of phenols is 2. The molecular weight excluding hydrogens is 452 g/mol. The first-order valence-corrected chi connectivity index (χ1v) is 11.2. The third kappa shape index (κ3) is 4.95. The molecule has 1 unspecified atom stereocenters. The molecule has 0 saturated heterocycles. The standard InChI is InChI=1S/C26H28N2O7/c1-33-24-11-17(12-25(34-2)26(24)35-3)10-21-20-14-23(30)22(29)13-18(20)7-8-27(21)15-16-5-4-6-19(9-16)28(31)32/h4-6,9,11-14,21,29-30H,7-8,10,15H2,1-3H3. The number of fused-ring (bicyclic) bond motifs is 1. The van der Waals surface area contributed by atoms with Crippen molar-refractivity contribution in [2.45, 2.75) is 25.4 Å². The van der Waals surface area contributed by atoms with Gasteiger partial charge in [0.15, 0.2) is 23.0 Å². The van der Waals surface area contributed by atoms with Gasteiger partial charge >= 0.3 is 0 Å². The van der Waals surface area contributed by atoms with E-state index in [1.807, 2.05) is 18.2 Å². The Bertz CT molecular complexity index is 1220. The van der Waals surface area contributed by atoms with Gasteiger partial charge in [-0.1, -0.05) is 12.1 Å². The van der Waals surface area contributed by atoms with Crippen LogP contribution in [0.5, 0.6) is 28.7 Å². The summed E-state index contributed by atoms with van der Waals surface area (Å²) in [6.07, 6.45) is 1.21. The molecule has 4 rings (SSSR count). The first-order valence-electron chi connectivity index (χ1n) is 11.2. The molecule has 0 radical (unpaired) electrons. The van der Waals surface area contributed by atoms with E-state index in [1.54, 1.807) is 45.6 Å². The van der Waals surface area contributed by atoms with Gasteiger partial charge in [0.05, 0.1) is 26.3 Å². The fourth-order valence-corrected chi connectivity index (χ4v) is 4.69. The van der Waals surface area contributed by atoms with Gasteiger partial charge in [-0.3, -0.25) is 15.0 Å². The van der Waals surface area contributed by atoms with E-state index in [0.29, 0.717) is 43.2 Å². The minimum absolute atomic E-state index is 0.0450. The van der Waals surface area contributed by atoms with Gasteiger partial charge < -0.3 is 24.4 Å². The van der Waals surface area contributed by atoms with Crippen molar-refractivity contribution in [3.63, 3.8) is 0 Å². The zero-order chi connectivity index (χ0) is 25.1. The van der Waals surface area contributed by atoms with Crippen LogP contribution < -0.4 is 14.2 Å². The highest BCUT2D eigenvalue weighted by Crippen LogP contribution is 2.42. The number of nitrogens with zero attached hydrogens (tertiary/aromatic N) is 2. The number of phenolic OH excluding ortho intramolecular Hbond substituents is 2. The summed E-state index contributed by atoms with van der Waals surface area (Å²) >= 11 is 0. The SMILES string of the molecule is COc1cc(CC2c3cc(O)c(O)cc3CCN2Cc2cccc([N+](=O)[O-])c2)cc(OC)c1OC. The lowest BCUT2D eigenvalue weighted by Crippen LogP contribution is -2.36. The Labute approximate surface area is 203 Å². The van der Waals surface area contributed by atoms with Crippen LogP contribution >= 0.6 is 0 Å². The fraction of sp³-hybridized carbons (Fsp3) is 0.308. The number of ether oxygens (including phenoxy) is 3. The second-order valence-corrected chi connectivity index (χ2v) is 8.44. The quantitative estimate of drug-likeness (QED) is 0.277. The normalized spacial score (nSPS) is 15.3. The number of hydrogen-bond donors (Lipinski definition) is 2. The second-order valence-electron chi connectivity index (χ2n) is 8.44. The van der Waals surface area contributed by atoms with Crippen molar-refractivity contribution < 1.29 is 29.3 Å². The molecule has 0 spiro atoms. The van der Waals surface area contributed by atoms with Gasteiger partial charge in [-0.05, 0) is 59.4 Å². The van der Waals surface area contributed by atoms with E-state index >= 15 is 0 Å². The van der Waals surface area contributed by atoms with E-state index in [0.717, 1.165) is 22.3 Å². The van der Waals surface area contributed by atoms with Crippen LogP contribution in [0.2, 0.25) is 0 Å². The summed E-state index contributed by atoms with van der Waals surface area (Å²) in [5.41, 5.74) is 3.64. The molecular formula is C26H28N2O7. The van der Waals surface area contributed by atoms with Crippen molar-refractivity contribution in [2.24, 2.45) is 0 Å². The highest BCUT2D eigenvalue weighted by Gasteiger charge is 2.30. The van der Waals surface area contributed by atoms with Crippen LogP contribution in [0, 0.1) is 10.1 Å². The topological polar surface area (TPSA) is 115 Å². The lowest BCUT2D eigenvalue weighted by Gasteiger charge is -2.38. The van der Waals surface area contributed by atoms with Crippen molar-refractivity contribution in [3.8, 4) is 28.7 Å². The Hall–Kier alpha value is -3.98. The van der Waals surface area contributed by atoms with Crippen LogP contribution in [-0.2, 0) is 19.4 Å². The van der Waals surface area contributed by atoms with Crippen LogP contribution in [0.25, 0.3) is 0 Å². The monoisotopic (exact) mass is 480 g/mol. The lowest BCUT2D eigenvalue weighted by molar-refractivity contribution is -0.384. The maximum atomic E-state index is 11.3. The summed E-state index contributed by atoms with van der Waals surface area (Å²) in [4.78, 5) is 13.1. The number of rotatable bonds is 8. The third-order valence-corrected chi connectivity index (χ3v) is 6.37. The predicted molar refractivity (Wildman–Crippen MR) is 130 cm³/mol. The molecule has 1 aliphatic heterocycles. The number of benzene rings is 3. The van der Waals surface area contributed by atoms with E-state index < -0.39 is 4.92 Å². The molecule has 9 nitrogen and oxygen atoms in total. The van der Waals surface area contributed by atoms with Crippen molar-refractivity contribution in [1.29, 1.82) is 0 Å². The Morgan fingerprint density at radius 1 is 0.971 bits per heavy atom. The van der Waals surface area contributed by atoms with Crippen molar-refractivity contribution >= 4 is 5.69 Å². The van der Waals surface area contributed by atoms with E-state index in [1.165, 1.54) is 6.07 Å². The average Bonchev–Trinajstić information content (AvgIpc) is 2.86. The minimum Gasteiger partial charge on any atom is -0.504 e. The Balaban J connectivity index is 1.75.